The van der Waals surface area contributed by atoms with Gasteiger partial charge >= 0.3 is 6.18 Å². The maximum atomic E-state index is 13.2. The van der Waals surface area contributed by atoms with E-state index in [0.717, 1.165) is 28.2 Å². The van der Waals surface area contributed by atoms with Crippen molar-refractivity contribution in [3.63, 3.8) is 0 Å². The van der Waals surface area contributed by atoms with Crippen molar-refractivity contribution >= 4 is 10.9 Å². The van der Waals surface area contributed by atoms with Gasteiger partial charge in [-0.25, -0.2) is 0 Å². The first-order chi connectivity index (χ1) is 13.5. The van der Waals surface area contributed by atoms with E-state index >= 15 is 0 Å². The van der Waals surface area contributed by atoms with Gasteiger partial charge in [0.15, 0.2) is 0 Å². The quantitative estimate of drug-likeness (QED) is 0.334. The lowest BCUT2D eigenvalue weighted by molar-refractivity contribution is -0.137. The van der Waals surface area contributed by atoms with E-state index in [4.69, 9.17) is 0 Å². The number of allylic oxidation sites excluding steroid dienone is 1. The molecule has 1 atom stereocenters. The zero-order chi connectivity index (χ0) is 19.7. The van der Waals surface area contributed by atoms with Crippen LogP contribution in [0.2, 0.25) is 0 Å². The molecule has 0 spiro atoms. The molecule has 4 heteroatoms. The maximum Gasteiger partial charge on any atom is 0.416 e. The van der Waals surface area contributed by atoms with Crippen LogP contribution in [-0.4, -0.2) is 4.57 Å². The third-order valence-electron chi connectivity index (χ3n) is 4.87. The van der Waals surface area contributed by atoms with Crippen LogP contribution in [-0.2, 0) is 6.18 Å². The van der Waals surface area contributed by atoms with Gasteiger partial charge in [-0.2, -0.15) is 13.2 Å². The smallest absolute Gasteiger partial charge is 0.329 e. The minimum Gasteiger partial charge on any atom is -0.329 e. The second-order valence-electron chi connectivity index (χ2n) is 6.63. The molecule has 0 radical (unpaired) electrons. The van der Waals surface area contributed by atoms with Crippen LogP contribution in [0.15, 0.2) is 97.6 Å². The number of nitrogens with zero attached hydrogens (tertiary/aromatic N) is 1. The SMILES string of the molecule is C=C[C@@H](c1cccc(C(F)(F)F)c1)n1c(-c2ccccc2)cc2ccccc21. The topological polar surface area (TPSA) is 4.93 Å². The molecule has 140 valence electrons. The number of alkyl halides is 3. The first kappa shape index (κ1) is 18.1. The fraction of sp³-hybridized carbons (Fsp3) is 0.0833. The van der Waals surface area contributed by atoms with E-state index in [1.165, 1.54) is 12.1 Å². The number of benzene rings is 3. The van der Waals surface area contributed by atoms with Crippen molar-refractivity contribution in [2.75, 3.05) is 0 Å². The molecule has 0 aliphatic rings. The molecule has 1 aromatic heterocycles. The highest BCUT2D eigenvalue weighted by molar-refractivity contribution is 5.87. The lowest BCUT2D eigenvalue weighted by Gasteiger charge is -2.21. The highest BCUT2D eigenvalue weighted by Crippen LogP contribution is 2.36. The first-order valence-electron chi connectivity index (χ1n) is 8.94. The van der Waals surface area contributed by atoms with Crippen LogP contribution in [0.1, 0.15) is 17.2 Å². The Morgan fingerprint density at radius 3 is 2.25 bits per heavy atom. The molecular weight excluding hydrogens is 359 g/mol. The van der Waals surface area contributed by atoms with Gasteiger partial charge in [0, 0.05) is 16.6 Å². The summed E-state index contributed by atoms with van der Waals surface area (Å²) in [5, 5.41) is 1.03. The van der Waals surface area contributed by atoms with Crippen molar-refractivity contribution in [1.29, 1.82) is 0 Å². The van der Waals surface area contributed by atoms with Gasteiger partial charge < -0.3 is 4.57 Å². The van der Waals surface area contributed by atoms with Gasteiger partial charge in [0.2, 0.25) is 0 Å². The molecule has 0 unspecified atom stereocenters. The van der Waals surface area contributed by atoms with E-state index in [0.29, 0.717) is 5.56 Å². The van der Waals surface area contributed by atoms with Gasteiger partial charge in [0.1, 0.15) is 0 Å². The number of hydrogen-bond donors (Lipinski definition) is 0. The summed E-state index contributed by atoms with van der Waals surface area (Å²) >= 11 is 0. The molecule has 0 fully saturated rings. The number of rotatable bonds is 4. The van der Waals surface area contributed by atoms with E-state index in [2.05, 4.69) is 12.6 Å². The summed E-state index contributed by atoms with van der Waals surface area (Å²) in [5.41, 5.74) is 2.77. The third kappa shape index (κ3) is 3.22. The average Bonchev–Trinajstić information content (AvgIpc) is 3.09. The van der Waals surface area contributed by atoms with Crippen molar-refractivity contribution in [2.45, 2.75) is 12.2 Å². The number of fused-ring (bicyclic) bond motifs is 1. The fourth-order valence-electron chi connectivity index (χ4n) is 3.60. The molecule has 1 heterocycles. The van der Waals surface area contributed by atoms with Gasteiger partial charge in [-0.3, -0.25) is 0 Å². The van der Waals surface area contributed by atoms with Crippen molar-refractivity contribution in [3.05, 3.63) is 109 Å². The van der Waals surface area contributed by atoms with Gasteiger partial charge in [-0.15, -0.1) is 6.58 Å². The minimum atomic E-state index is -4.39. The summed E-state index contributed by atoms with van der Waals surface area (Å²) in [6.07, 6.45) is -2.70. The van der Waals surface area contributed by atoms with Crippen molar-refractivity contribution in [3.8, 4) is 11.3 Å². The summed E-state index contributed by atoms with van der Waals surface area (Å²) in [4.78, 5) is 0. The Bertz CT molecular complexity index is 1120. The Balaban J connectivity index is 1.95. The standard InChI is InChI=1S/C24H18F3N/c1-2-21(18-12-8-13-20(15-18)24(25,26)27)28-22-14-7-6-11-19(22)16-23(28)17-9-4-3-5-10-17/h2-16,21H,1H2/t21-/m0/s1. The fourth-order valence-corrected chi connectivity index (χ4v) is 3.60. The summed E-state index contributed by atoms with van der Waals surface area (Å²) in [6, 6.07) is 24.8. The van der Waals surface area contributed by atoms with Crippen LogP contribution in [0.3, 0.4) is 0 Å². The Morgan fingerprint density at radius 1 is 0.821 bits per heavy atom. The van der Waals surface area contributed by atoms with Crippen LogP contribution in [0.5, 0.6) is 0 Å². The first-order valence-corrected chi connectivity index (χ1v) is 8.94. The largest absolute Gasteiger partial charge is 0.416 e. The molecule has 0 aliphatic carbocycles. The van der Waals surface area contributed by atoms with E-state index in [9.17, 15) is 13.2 Å². The minimum absolute atomic E-state index is 0.433. The van der Waals surface area contributed by atoms with Gasteiger partial charge in [-0.1, -0.05) is 66.7 Å². The molecule has 0 bridgehead atoms. The number of hydrogen-bond acceptors (Lipinski definition) is 0. The van der Waals surface area contributed by atoms with Crippen molar-refractivity contribution in [2.24, 2.45) is 0 Å². The average molecular weight is 377 g/mol. The second kappa shape index (κ2) is 7.04. The summed E-state index contributed by atoms with van der Waals surface area (Å²) in [7, 11) is 0. The van der Waals surface area contributed by atoms with E-state index < -0.39 is 17.8 Å². The number of halogens is 3. The van der Waals surface area contributed by atoms with E-state index in [1.54, 1.807) is 12.1 Å². The monoisotopic (exact) mass is 377 g/mol. The summed E-state index contributed by atoms with van der Waals surface area (Å²) in [6.45, 7) is 3.92. The zero-order valence-electron chi connectivity index (χ0n) is 15.0. The Hall–Kier alpha value is -3.27. The predicted molar refractivity (Wildman–Crippen MR) is 107 cm³/mol. The van der Waals surface area contributed by atoms with Crippen molar-refractivity contribution in [1.82, 2.24) is 4.57 Å². The van der Waals surface area contributed by atoms with Gasteiger partial charge in [-0.05, 0) is 35.4 Å². The Morgan fingerprint density at radius 2 is 1.54 bits per heavy atom. The van der Waals surface area contributed by atoms with E-state index in [1.807, 2.05) is 59.2 Å². The highest BCUT2D eigenvalue weighted by atomic mass is 19.4. The molecule has 0 saturated carbocycles. The van der Waals surface area contributed by atoms with Crippen LogP contribution in [0.4, 0.5) is 13.2 Å². The van der Waals surface area contributed by atoms with Crippen LogP contribution < -0.4 is 0 Å². The van der Waals surface area contributed by atoms with Crippen LogP contribution in [0.25, 0.3) is 22.2 Å². The molecule has 28 heavy (non-hydrogen) atoms. The Kier molecular flexibility index (Phi) is 4.55. The van der Waals surface area contributed by atoms with Gasteiger partial charge in [0.05, 0.1) is 11.6 Å². The molecule has 4 aromatic rings. The van der Waals surface area contributed by atoms with Crippen molar-refractivity contribution < 1.29 is 13.2 Å². The highest BCUT2D eigenvalue weighted by Gasteiger charge is 2.31. The number of aromatic nitrogens is 1. The van der Waals surface area contributed by atoms with Crippen LogP contribution >= 0.6 is 0 Å². The molecular formula is C24H18F3N. The molecule has 3 aromatic carbocycles. The molecule has 1 nitrogen and oxygen atoms in total. The van der Waals surface area contributed by atoms with Crippen LogP contribution in [0, 0.1) is 0 Å². The zero-order valence-corrected chi connectivity index (χ0v) is 15.0. The second-order valence-corrected chi connectivity index (χ2v) is 6.63. The summed E-state index contributed by atoms with van der Waals surface area (Å²) < 4.78 is 41.8. The molecule has 0 N–H and O–H groups in total. The summed E-state index contributed by atoms with van der Waals surface area (Å²) in [5.74, 6) is 0. The van der Waals surface area contributed by atoms with E-state index in [-0.39, 0.29) is 0 Å². The number of para-hydroxylation sites is 1. The maximum absolute atomic E-state index is 13.2. The lowest BCUT2D eigenvalue weighted by atomic mass is 10.0. The third-order valence-corrected chi connectivity index (χ3v) is 4.87. The lowest BCUT2D eigenvalue weighted by Crippen LogP contribution is -2.11. The van der Waals surface area contributed by atoms with Gasteiger partial charge in [0.25, 0.3) is 0 Å². The molecule has 0 saturated heterocycles. The Labute approximate surface area is 161 Å². The normalized spacial score (nSPS) is 12.8. The molecule has 4 rings (SSSR count). The molecule has 0 aliphatic heterocycles. The predicted octanol–water partition coefficient (Wildman–Crippen LogP) is 7.10. The molecule has 0 amide bonds.